The van der Waals surface area contributed by atoms with Gasteiger partial charge in [0.1, 0.15) is 54.1 Å². The Morgan fingerprint density at radius 3 is 1.42 bits per heavy atom. The number of carboxylic acid groups (broad SMARTS) is 1. The zero-order valence-electron chi connectivity index (χ0n) is 46.1. The Hall–Kier alpha value is -7.96. The number of carbonyl (C=O) groups excluding carboxylic acids is 8. The van der Waals surface area contributed by atoms with Crippen LogP contribution in [0, 0.1) is 11.8 Å². The molecule has 0 bridgehead atoms. The van der Waals surface area contributed by atoms with E-state index in [0.717, 1.165) is 0 Å². The minimum absolute atomic E-state index is 0.00621. The second-order valence-electron chi connectivity index (χ2n) is 19.8. The van der Waals surface area contributed by atoms with Crippen molar-refractivity contribution < 1.29 is 66.3 Å². The van der Waals surface area contributed by atoms with Crippen LogP contribution in [-0.4, -0.2) is 168 Å². The van der Waals surface area contributed by atoms with Crippen LogP contribution in [0.5, 0.6) is 0 Å². The third-order valence-electron chi connectivity index (χ3n) is 12.4. The standard InChI is InChI=1S/C51H81N15O14S/c1-6-29(4)40(66-47(74)39(27-81(78,79)80)65-43(70)35(23-28(2)3)62-42(69)33(52)19-13-21-57-50(53)54)48(75)63-37(25-32-17-11-8-12-18-32)45(72)64-38(26-67)46(73)59-30(5)41(68)61-36(24-31-15-9-7-10-16-31)44(71)60-34(49(76)77)20-14-22-58-51(55)56/h7-12,15-18,28-30,33-40,67H,6,13-14,19-27,52H2,1-5H3,(H,59,73)(H,60,71)(H,61,68)(H,62,69)(H,63,75)(H,64,72)(H,65,70)(H,66,74)(H,76,77)(H4,53,54,57)(H4,55,56,58)(H,78,79,80)/t29-,30-,33-,34-,35-,36-,37-,38-,39?,40-/m0/s1. The summed E-state index contributed by atoms with van der Waals surface area (Å²) in [5.41, 5.74) is 28.5. The number of aliphatic carboxylic acids is 1. The Kier molecular flexibility index (Phi) is 29.8. The maximum Gasteiger partial charge on any atom is 0.326 e. The molecule has 0 saturated heterocycles. The first-order valence-corrected chi connectivity index (χ1v) is 27.8. The summed E-state index contributed by atoms with van der Waals surface area (Å²) in [7, 11) is -5.01. The largest absolute Gasteiger partial charge is 0.480 e. The fraction of sp³-hybridized carbons (Fsp3) is 0.549. The van der Waals surface area contributed by atoms with Gasteiger partial charge in [-0.15, -0.1) is 0 Å². The number of rotatable bonds is 36. The van der Waals surface area contributed by atoms with E-state index in [1.165, 1.54) is 6.92 Å². The fourth-order valence-electron chi connectivity index (χ4n) is 7.81. The Labute approximate surface area is 470 Å². The fourth-order valence-corrected chi connectivity index (χ4v) is 8.47. The summed E-state index contributed by atoms with van der Waals surface area (Å²) in [6, 6.07) is 3.11. The van der Waals surface area contributed by atoms with Crippen LogP contribution < -0.4 is 71.2 Å². The number of aliphatic imine (C=N–C) groups is 2. The van der Waals surface area contributed by atoms with Crippen molar-refractivity contribution in [3.05, 3.63) is 71.8 Å². The van der Waals surface area contributed by atoms with Crippen molar-refractivity contribution in [3.63, 3.8) is 0 Å². The van der Waals surface area contributed by atoms with Crippen molar-refractivity contribution in [1.29, 1.82) is 0 Å². The second kappa shape index (κ2) is 34.9. The molecule has 2 rings (SSSR count). The van der Waals surface area contributed by atoms with E-state index in [2.05, 4.69) is 52.5 Å². The van der Waals surface area contributed by atoms with Gasteiger partial charge in [0.25, 0.3) is 10.1 Å². The smallest absolute Gasteiger partial charge is 0.326 e. The maximum absolute atomic E-state index is 14.3. The molecule has 21 N–H and O–H groups in total. The van der Waals surface area contributed by atoms with E-state index in [1.54, 1.807) is 88.4 Å². The Morgan fingerprint density at radius 1 is 0.543 bits per heavy atom. The first-order valence-electron chi connectivity index (χ1n) is 26.2. The highest BCUT2D eigenvalue weighted by Crippen LogP contribution is 2.13. The zero-order valence-corrected chi connectivity index (χ0v) is 46.9. The monoisotopic (exact) mass is 1160 g/mol. The van der Waals surface area contributed by atoms with Gasteiger partial charge in [-0.05, 0) is 62.0 Å². The van der Waals surface area contributed by atoms with Crippen molar-refractivity contribution >= 4 is 75.3 Å². The molecule has 81 heavy (non-hydrogen) atoms. The summed E-state index contributed by atoms with van der Waals surface area (Å²) in [5, 5.41) is 39.7. The zero-order chi connectivity index (χ0) is 61.0. The first kappa shape index (κ1) is 69.1. The van der Waals surface area contributed by atoms with E-state index in [1.807, 2.05) is 0 Å². The summed E-state index contributed by atoms with van der Waals surface area (Å²) in [6.45, 7) is 7.14. The number of aliphatic hydroxyl groups is 1. The molecule has 0 radical (unpaired) electrons. The third kappa shape index (κ3) is 26.7. The number of nitrogens with one attached hydrogen (secondary N) is 8. The molecule has 1 unspecified atom stereocenters. The normalized spacial score (nSPS) is 14.9. The molecule has 0 spiro atoms. The van der Waals surface area contributed by atoms with Crippen LogP contribution in [0.3, 0.4) is 0 Å². The van der Waals surface area contributed by atoms with Crippen molar-refractivity contribution in [3.8, 4) is 0 Å². The average Bonchev–Trinajstić information content (AvgIpc) is 3.41. The van der Waals surface area contributed by atoms with Crippen molar-refractivity contribution in [2.24, 2.45) is 50.5 Å². The molecular formula is C51H81N15O14S. The molecule has 30 heteroatoms. The lowest BCUT2D eigenvalue weighted by Crippen LogP contribution is -2.62. The molecule has 0 heterocycles. The van der Waals surface area contributed by atoms with E-state index >= 15 is 0 Å². The minimum atomic E-state index is -5.01. The van der Waals surface area contributed by atoms with E-state index in [0.29, 0.717) is 17.5 Å². The van der Waals surface area contributed by atoms with Gasteiger partial charge in [-0.3, -0.25) is 52.9 Å². The number of carbonyl (C=O) groups is 9. The van der Waals surface area contributed by atoms with Crippen LogP contribution in [-0.2, 0) is 66.1 Å². The van der Waals surface area contributed by atoms with Crippen LogP contribution in [0.4, 0.5) is 0 Å². The quantitative estimate of drug-likeness (QED) is 0.0133. The molecule has 0 aromatic heterocycles. The van der Waals surface area contributed by atoms with Crippen LogP contribution in [0.25, 0.3) is 0 Å². The summed E-state index contributed by atoms with van der Waals surface area (Å²) in [5.74, 6) is -12.0. The lowest BCUT2D eigenvalue weighted by molar-refractivity contribution is -0.142. The number of carboxylic acids is 1. The van der Waals surface area contributed by atoms with Crippen LogP contribution >= 0.6 is 0 Å². The highest BCUT2D eigenvalue weighted by Gasteiger charge is 2.37. The molecule has 450 valence electrons. The van der Waals surface area contributed by atoms with Crippen molar-refractivity contribution in [2.45, 2.75) is 140 Å². The van der Waals surface area contributed by atoms with Crippen molar-refractivity contribution in [2.75, 3.05) is 25.4 Å². The van der Waals surface area contributed by atoms with Gasteiger partial charge in [-0.2, -0.15) is 8.42 Å². The lowest BCUT2D eigenvalue weighted by atomic mass is 9.96. The number of hydrogen-bond donors (Lipinski definition) is 16. The minimum Gasteiger partial charge on any atom is -0.480 e. The lowest BCUT2D eigenvalue weighted by Gasteiger charge is -2.29. The molecule has 0 saturated carbocycles. The number of hydrogen-bond acceptors (Lipinski definition) is 15. The molecule has 0 aliphatic rings. The van der Waals surface area contributed by atoms with Gasteiger partial charge in [-0.1, -0.05) is 94.8 Å². The summed E-state index contributed by atoms with van der Waals surface area (Å²) < 4.78 is 34.5. The topological polar surface area (TPSA) is 500 Å². The molecule has 29 nitrogen and oxygen atoms in total. The molecule has 0 aliphatic carbocycles. The maximum atomic E-state index is 14.3. The Morgan fingerprint density at radius 2 is 0.963 bits per heavy atom. The van der Waals surface area contributed by atoms with E-state index in [4.69, 9.17) is 28.7 Å². The predicted octanol–water partition coefficient (Wildman–Crippen LogP) is -4.14. The van der Waals surface area contributed by atoms with Crippen LogP contribution in [0.2, 0.25) is 0 Å². The second-order valence-corrected chi connectivity index (χ2v) is 21.2. The molecule has 0 aliphatic heterocycles. The van der Waals surface area contributed by atoms with Crippen LogP contribution in [0.15, 0.2) is 70.6 Å². The van der Waals surface area contributed by atoms with Gasteiger partial charge < -0.3 is 81.4 Å². The van der Waals surface area contributed by atoms with Crippen molar-refractivity contribution in [1.82, 2.24) is 42.5 Å². The number of guanidine groups is 2. The first-order chi connectivity index (χ1) is 38.0. The molecule has 0 fully saturated rings. The van der Waals surface area contributed by atoms with Gasteiger partial charge in [0.05, 0.1) is 12.6 Å². The summed E-state index contributed by atoms with van der Waals surface area (Å²) in [4.78, 5) is 130. The van der Waals surface area contributed by atoms with Gasteiger partial charge >= 0.3 is 5.97 Å². The number of amides is 8. The van der Waals surface area contributed by atoms with Gasteiger partial charge in [-0.25, -0.2) is 4.79 Å². The molecule has 8 amide bonds. The molecule has 10 atom stereocenters. The SMILES string of the molecule is CC[C@H](C)[C@H](NC(=O)C(CS(=O)(=O)O)NC(=O)[C@H](CC(C)C)NC(=O)[C@@H](N)CCCN=C(N)N)C(=O)N[C@@H](Cc1ccccc1)C(=O)N[C@@H](CO)C(=O)N[C@@H](C)C(=O)N[C@@H](Cc1ccccc1)C(=O)N[C@@H](CCCN=C(N)N)C(=O)O. The summed E-state index contributed by atoms with van der Waals surface area (Å²) in [6.07, 6.45) is 0.413. The van der Waals surface area contributed by atoms with Gasteiger partial charge in [0.15, 0.2) is 11.9 Å². The number of nitrogens with two attached hydrogens (primary N) is 5. The molecule has 2 aromatic rings. The highest BCUT2D eigenvalue weighted by atomic mass is 32.2. The Bertz CT molecular complexity index is 2590. The van der Waals surface area contributed by atoms with E-state index < -0.39 is 136 Å². The third-order valence-corrected chi connectivity index (χ3v) is 13.2. The van der Waals surface area contributed by atoms with Crippen LogP contribution in [0.1, 0.15) is 84.3 Å². The highest BCUT2D eigenvalue weighted by molar-refractivity contribution is 7.85. The summed E-state index contributed by atoms with van der Waals surface area (Å²) >= 11 is 0. The number of benzene rings is 2. The predicted molar refractivity (Wildman–Crippen MR) is 299 cm³/mol. The Balaban J connectivity index is 2.37. The van der Waals surface area contributed by atoms with E-state index in [9.17, 15) is 66.3 Å². The number of aliphatic hydroxyl groups excluding tert-OH is 1. The average molecular weight is 1160 g/mol. The van der Waals surface area contributed by atoms with Gasteiger partial charge in [0.2, 0.25) is 47.3 Å². The molecular weight excluding hydrogens is 1080 g/mol. The number of nitrogens with zero attached hydrogens (tertiary/aromatic N) is 2. The molecule has 2 aromatic carbocycles. The van der Waals surface area contributed by atoms with Gasteiger partial charge in [0, 0.05) is 25.9 Å². The van der Waals surface area contributed by atoms with E-state index in [-0.39, 0.29) is 75.9 Å².